The maximum absolute atomic E-state index is 12.7. The molecule has 0 radical (unpaired) electrons. The second-order valence-electron chi connectivity index (χ2n) is 5.74. The van der Waals surface area contributed by atoms with Gasteiger partial charge in [-0.25, -0.2) is 0 Å². The molecule has 0 aliphatic carbocycles. The molecule has 1 aromatic heterocycles. The summed E-state index contributed by atoms with van der Waals surface area (Å²) >= 11 is 1.67. The Kier molecular flexibility index (Phi) is 6.16. The molecule has 4 nitrogen and oxygen atoms in total. The lowest BCUT2D eigenvalue weighted by Crippen LogP contribution is -2.43. The summed E-state index contributed by atoms with van der Waals surface area (Å²) in [6, 6.07) is 8.77. The first-order valence-electron chi connectivity index (χ1n) is 7.72. The van der Waals surface area contributed by atoms with E-state index in [4.69, 9.17) is 0 Å². The Hall–Kier alpha value is -1.88. The van der Waals surface area contributed by atoms with Crippen LogP contribution in [0.25, 0.3) is 10.9 Å². The summed E-state index contributed by atoms with van der Waals surface area (Å²) in [5.41, 5.74) is 1.33. The van der Waals surface area contributed by atoms with E-state index >= 15 is 0 Å². The Morgan fingerprint density at radius 2 is 1.96 bits per heavy atom. The largest absolute Gasteiger partial charge is 0.342 e. The number of para-hydroxylation sites is 1. The molecule has 0 aliphatic rings. The van der Waals surface area contributed by atoms with Crippen molar-refractivity contribution in [3.05, 3.63) is 42.1 Å². The van der Waals surface area contributed by atoms with E-state index in [0.29, 0.717) is 12.0 Å². The van der Waals surface area contributed by atoms with Crippen molar-refractivity contribution >= 4 is 34.4 Å². The van der Waals surface area contributed by atoms with E-state index in [9.17, 15) is 9.59 Å². The predicted octanol–water partition coefficient (Wildman–Crippen LogP) is 3.31. The minimum atomic E-state index is -0.443. The minimum absolute atomic E-state index is 0.0748. The molecule has 0 fully saturated rings. The van der Waals surface area contributed by atoms with Gasteiger partial charge in [0, 0.05) is 17.5 Å². The van der Waals surface area contributed by atoms with E-state index in [1.807, 2.05) is 44.4 Å². The zero-order valence-electron chi connectivity index (χ0n) is 13.7. The lowest BCUT2D eigenvalue weighted by molar-refractivity contribution is -0.123. The average Bonchev–Trinajstić information content (AvgIpc) is 2.57. The fourth-order valence-corrected chi connectivity index (χ4v) is 2.92. The van der Waals surface area contributed by atoms with Crippen LogP contribution in [0.2, 0.25) is 0 Å². The summed E-state index contributed by atoms with van der Waals surface area (Å²) in [4.78, 5) is 29.3. The molecule has 2 aromatic rings. The van der Waals surface area contributed by atoms with Crippen molar-refractivity contribution in [2.24, 2.45) is 5.92 Å². The normalized spacial score (nSPS) is 12.3. The Labute approximate surface area is 141 Å². The molecule has 23 heavy (non-hydrogen) atoms. The standard InChI is InChI=1S/C18H22N2O2S/c1-12(2)17(21)16(9-11-23-3)20-18(22)14-8-10-19-15-7-5-4-6-13(14)15/h4-8,10,12,16H,9,11H2,1-3H3,(H,20,22). The number of amides is 1. The number of carbonyl (C=O) groups is 2. The Balaban J connectivity index is 2.25. The number of aromatic nitrogens is 1. The van der Waals surface area contributed by atoms with Gasteiger partial charge >= 0.3 is 0 Å². The highest BCUT2D eigenvalue weighted by Crippen LogP contribution is 2.17. The van der Waals surface area contributed by atoms with Crippen LogP contribution >= 0.6 is 11.8 Å². The van der Waals surface area contributed by atoms with E-state index in [-0.39, 0.29) is 17.6 Å². The molecule has 0 bridgehead atoms. The summed E-state index contributed by atoms with van der Waals surface area (Å²) in [6.07, 6.45) is 4.26. The van der Waals surface area contributed by atoms with Crippen LogP contribution in [-0.4, -0.2) is 34.7 Å². The van der Waals surface area contributed by atoms with Gasteiger partial charge in [0.05, 0.1) is 17.1 Å². The van der Waals surface area contributed by atoms with Crippen LogP contribution in [-0.2, 0) is 4.79 Å². The Morgan fingerprint density at radius 1 is 1.22 bits per heavy atom. The zero-order chi connectivity index (χ0) is 16.8. The summed E-state index contributed by atoms with van der Waals surface area (Å²) in [7, 11) is 0. The summed E-state index contributed by atoms with van der Waals surface area (Å²) in [5.74, 6) is 0.589. The first kappa shape index (κ1) is 17.5. The van der Waals surface area contributed by atoms with Gasteiger partial charge < -0.3 is 5.32 Å². The first-order chi connectivity index (χ1) is 11.0. The molecule has 1 aromatic carbocycles. The number of hydrogen-bond acceptors (Lipinski definition) is 4. The number of fused-ring (bicyclic) bond motifs is 1. The number of nitrogens with zero attached hydrogens (tertiary/aromatic N) is 1. The van der Waals surface area contributed by atoms with Crippen LogP contribution < -0.4 is 5.32 Å². The highest BCUT2D eigenvalue weighted by molar-refractivity contribution is 7.98. The van der Waals surface area contributed by atoms with Crippen molar-refractivity contribution in [1.82, 2.24) is 10.3 Å². The molecular weight excluding hydrogens is 308 g/mol. The topological polar surface area (TPSA) is 59.1 Å². The van der Waals surface area contributed by atoms with Crippen molar-refractivity contribution in [3.63, 3.8) is 0 Å². The predicted molar refractivity (Wildman–Crippen MR) is 95.8 cm³/mol. The van der Waals surface area contributed by atoms with Crippen molar-refractivity contribution in [3.8, 4) is 0 Å². The lowest BCUT2D eigenvalue weighted by Gasteiger charge is -2.19. The summed E-state index contributed by atoms with van der Waals surface area (Å²) in [6.45, 7) is 3.73. The molecule has 0 saturated carbocycles. The number of nitrogens with one attached hydrogen (secondary N) is 1. The molecule has 1 amide bonds. The highest BCUT2D eigenvalue weighted by Gasteiger charge is 2.23. The smallest absolute Gasteiger partial charge is 0.252 e. The molecule has 0 saturated heterocycles. The highest BCUT2D eigenvalue weighted by atomic mass is 32.2. The third kappa shape index (κ3) is 4.32. The third-order valence-electron chi connectivity index (χ3n) is 3.72. The fraction of sp³-hybridized carbons (Fsp3) is 0.389. The number of benzene rings is 1. The molecule has 0 aliphatic heterocycles. The van der Waals surface area contributed by atoms with Gasteiger partial charge in [-0.1, -0.05) is 32.0 Å². The molecule has 122 valence electrons. The van der Waals surface area contributed by atoms with Crippen molar-refractivity contribution in [2.75, 3.05) is 12.0 Å². The van der Waals surface area contributed by atoms with Gasteiger partial charge in [-0.15, -0.1) is 0 Å². The van der Waals surface area contributed by atoms with Crippen LogP contribution in [0.15, 0.2) is 36.5 Å². The number of rotatable bonds is 7. The molecule has 1 heterocycles. The lowest BCUT2D eigenvalue weighted by atomic mass is 9.99. The molecule has 1 unspecified atom stereocenters. The second kappa shape index (κ2) is 8.11. The van der Waals surface area contributed by atoms with Crippen molar-refractivity contribution in [2.45, 2.75) is 26.3 Å². The number of carbonyl (C=O) groups excluding carboxylic acids is 2. The van der Waals surface area contributed by atoms with Gasteiger partial charge in [0.25, 0.3) is 5.91 Å². The molecule has 0 spiro atoms. The maximum atomic E-state index is 12.7. The van der Waals surface area contributed by atoms with Gasteiger partial charge in [0.15, 0.2) is 5.78 Å². The van der Waals surface area contributed by atoms with Gasteiger partial charge in [-0.3, -0.25) is 14.6 Å². The monoisotopic (exact) mass is 330 g/mol. The van der Waals surface area contributed by atoms with E-state index < -0.39 is 6.04 Å². The van der Waals surface area contributed by atoms with Crippen LogP contribution in [0.4, 0.5) is 0 Å². The third-order valence-corrected chi connectivity index (χ3v) is 4.37. The fourth-order valence-electron chi connectivity index (χ4n) is 2.45. The molecule has 5 heteroatoms. The number of thioether (sulfide) groups is 1. The van der Waals surface area contributed by atoms with Gasteiger partial charge in [0.1, 0.15) is 0 Å². The second-order valence-corrected chi connectivity index (χ2v) is 6.73. The molecule has 1 atom stereocenters. The molecule has 2 rings (SSSR count). The van der Waals surface area contributed by atoms with E-state index in [1.165, 1.54) is 0 Å². The molecular formula is C18H22N2O2S. The first-order valence-corrected chi connectivity index (χ1v) is 9.11. The quantitative estimate of drug-likeness (QED) is 0.846. The van der Waals surface area contributed by atoms with Crippen LogP contribution in [0, 0.1) is 5.92 Å². The van der Waals surface area contributed by atoms with Crippen molar-refractivity contribution in [1.29, 1.82) is 0 Å². The summed E-state index contributed by atoms with van der Waals surface area (Å²) < 4.78 is 0. The van der Waals surface area contributed by atoms with Crippen LogP contribution in [0.3, 0.4) is 0 Å². The van der Waals surface area contributed by atoms with Gasteiger partial charge in [0.2, 0.25) is 0 Å². The number of Topliss-reactive ketones (excluding diaryl/α,β-unsaturated/α-hetero) is 1. The Morgan fingerprint density at radius 3 is 2.65 bits per heavy atom. The van der Waals surface area contributed by atoms with E-state index in [2.05, 4.69) is 10.3 Å². The zero-order valence-corrected chi connectivity index (χ0v) is 14.5. The van der Waals surface area contributed by atoms with E-state index in [1.54, 1.807) is 24.0 Å². The maximum Gasteiger partial charge on any atom is 0.252 e. The number of pyridine rings is 1. The molecule has 1 N–H and O–H groups in total. The van der Waals surface area contributed by atoms with Crippen molar-refractivity contribution < 1.29 is 9.59 Å². The van der Waals surface area contributed by atoms with Crippen LogP contribution in [0.1, 0.15) is 30.6 Å². The average molecular weight is 330 g/mol. The number of ketones is 1. The number of hydrogen-bond donors (Lipinski definition) is 1. The van der Waals surface area contributed by atoms with E-state index in [0.717, 1.165) is 16.7 Å². The van der Waals surface area contributed by atoms with Gasteiger partial charge in [-0.2, -0.15) is 11.8 Å². The SMILES string of the molecule is CSCCC(NC(=O)c1ccnc2ccccc12)C(=O)C(C)C. The Bertz CT molecular complexity index is 695. The van der Waals surface area contributed by atoms with Gasteiger partial charge in [-0.05, 0) is 30.6 Å². The minimum Gasteiger partial charge on any atom is -0.342 e. The van der Waals surface area contributed by atoms with Crippen LogP contribution in [0.5, 0.6) is 0 Å². The summed E-state index contributed by atoms with van der Waals surface area (Å²) in [5, 5.41) is 3.71.